The van der Waals surface area contributed by atoms with Crippen LogP contribution in [0.1, 0.15) is 36.2 Å². The van der Waals surface area contributed by atoms with Crippen molar-refractivity contribution in [1.29, 1.82) is 0 Å². The highest BCUT2D eigenvalue weighted by molar-refractivity contribution is 7.87. The molecule has 0 spiro atoms. The van der Waals surface area contributed by atoms with Gasteiger partial charge in [-0.25, -0.2) is 0 Å². The Morgan fingerprint density at radius 2 is 1.74 bits per heavy atom. The first kappa shape index (κ1) is 22.9. The molecule has 0 bridgehead atoms. The second kappa shape index (κ2) is 9.16. The molecule has 2 aromatic carbocycles. The molecule has 0 unspecified atom stereocenters. The number of ether oxygens (including phenoxy) is 1. The summed E-state index contributed by atoms with van der Waals surface area (Å²) in [4.78, 5) is 10.4. The molecule has 0 N–H and O–H groups in total. The first-order valence-electron chi connectivity index (χ1n) is 9.18. The molecule has 11 heteroatoms. The van der Waals surface area contributed by atoms with Gasteiger partial charge in [-0.1, -0.05) is 36.4 Å². The number of nitro benzene ring substituents is 1. The Balaban J connectivity index is 1.85. The molecular formula is C20H18F3NO6S. The fourth-order valence-corrected chi connectivity index (χ4v) is 3.61. The number of benzene rings is 2. The van der Waals surface area contributed by atoms with Crippen LogP contribution in [0.5, 0.6) is 0 Å². The minimum absolute atomic E-state index is 0.121. The Labute approximate surface area is 176 Å². The molecule has 31 heavy (non-hydrogen) atoms. The zero-order valence-corrected chi connectivity index (χ0v) is 16.8. The molecular weight excluding hydrogens is 439 g/mol. The molecule has 1 fully saturated rings. The first-order chi connectivity index (χ1) is 14.6. The van der Waals surface area contributed by atoms with Crippen LogP contribution in [0.25, 0.3) is 0 Å². The summed E-state index contributed by atoms with van der Waals surface area (Å²) < 4.78 is 69.9. The van der Waals surface area contributed by atoms with Crippen molar-refractivity contribution < 1.29 is 35.4 Å². The smallest absolute Gasteiger partial charge is 0.361 e. The normalized spacial score (nSPS) is 21.2. The summed E-state index contributed by atoms with van der Waals surface area (Å²) >= 11 is 0. The van der Waals surface area contributed by atoms with E-state index in [1.165, 1.54) is 30.3 Å². The van der Waals surface area contributed by atoms with E-state index in [0.717, 1.165) is 5.56 Å². The van der Waals surface area contributed by atoms with Gasteiger partial charge in [-0.3, -0.25) is 14.3 Å². The Morgan fingerprint density at radius 1 is 1.10 bits per heavy atom. The van der Waals surface area contributed by atoms with Crippen LogP contribution in [0.2, 0.25) is 0 Å². The van der Waals surface area contributed by atoms with Gasteiger partial charge in [-0.15, -0.1) is 0 Å². The summed E-state index contributed by atoms with van der Waals surface area (Å²) in [6.07, 6.45) is 1.15. The van der Waals surface area contributed by atoms with E-state index in [0.29, 0.717) is 24.0 Å². The third-order valence-electron chi connectivity index (χ3n) is 4.76. The molecule has 0 saturated carbocycles. The summed E-state index contributed by atoms with van der Waals surface area (Å²) in [6.45, 7) is -0.806. The van der Waals surface area contributed by atoms with Crippen LogP contribution < -0.4 is 0 Å². The van der Waals surface area contributed by atoms with Gasteiger partial charge in [-0.05, 0) is 41.7 Å². The molecule has 166 valence electrons. The van der Waals surface area contributed by atoms with Crippen molar-refractivity contribution in [3.05, 3.63) is 87.5 Å². The third kappa shape index (κ3) is 5.49. The van der Waals surface area contributed by atoms with E-state index in [4.69, 9.17) is 4.74 Å². The van der Waals surface area contributed by atoms with Gasteiger partial charge in [0.1, 0.15) is 6.10 Å². The minimum atomic E-state index is -5.71. The zero-order valence-electron chi connectivity index (χ0n) is 16.0. The van der Waals surface area contributed by atoms with Gasteiger partial charge in [0.05, 0.1) is 17.6 Å². The molecule has 1 saturated heterocycles. The predicted molar refractivity (Wildman–Crippen MR) is 104 cm³/mol. The number of non-ortho nitro benzene ring substituents is 1. The lowest BCUT2D eigenvalue weighted by Gasteiger charge is -2.33. The number of halogens is 3. The highest BCUT2D eigenvalue weighted by atomic mass is 32.2. The predicted octanol–water partition coefficient (Wildman–Crippen LogP) is 4.98. The fourth-order valence-electron chi connectivity index (χ4n) is 3.23. The lowest BCUT2D eigenvalue weighted by molar-refractivity contribution is -0.384. The third-order valence-corrected chi connectivity index (χ3v) is 5.78. The van der Waals surface area contributed by atoms with Gasteiger partial charge >= 0.3 is 15.6 Å². The Kier molecular flexibility index (Phi) is 6.77. The number of nitro groups is 1. The summed E-state index contributed by atoms with van der Waals surface area (Å²) in [5, 5.41) is 10.9. The van der Waals surface area contributed by atoms with E-state index in [1.807, 2.05) is 30.3 Å². The molecule has 0 aromatic heterocycles. The van der Waals surface area contributed by atoms with Crippen LogP contribution in [0, 0.1) is 10.1 Å². The van der Waals surface area contributed by atoms with E-state index in [2.05, 4.69) is 4.18 Å². The highest BCUT2D eigenvalue weighted by Gasteiger charge is 2.47. The first-order valence-corrected chi connectivity index (χ1v) is 10.6. The topological polar surface area (TPSA) is 95.7 Å². The van der Waals surface area contributed by atoms with E-state index >= 15 is 0 Å². The standard InChI is InChI=1S/C20H18F3NO6S/c21-20(22,23)31(27,28)29-13-12-16-8-11-18(14-4-2-1-3-5-14)30-19(16)15-6-9-17(10-7-15)24(25)26/h1-7,9-10,12,18-19H,8,11,13H2/t18-,19+/m0/s1. The number of hydrogen-bond donors (Lipinski definition) is 0. The summed E-state index contributed by atoms with van der Waals surface area (Å²) in [5.74, 6) is 0. The van der Waals surface area contributed by atoms with Crippen molar-refractivity contribution >= 4 is 15.8 Å². The SMILES string of the molecule is O=[N+]([O-])c1ccc([C@H]2O[C@H](c3ccccc3)CCC2=CCOS(=O)(=O)C(F)(F)F)cc1. The van der Waals surface area contributed by atoms with Crippen LogP contribution in [0.3, 0.4) is 0 Å². The van der Waals surface area contributed by atoms with Gasteiger partial charge < -0.3 is 4.74 Å². The summed E-state index contributed by atoms with van der Waals surface area (Å²) in [5.41, 5.74) is -3.65. The minimum Gasteiger partial charge on any atom is -0.361 e. The molecule has 0 aliphatic carbocycles. The second-order valence-corrected chi connectivity index (χ2v) is 8.37. The van der Waals surface area contributed by atoms with E-state index in [-0.39, 0.29) is 11.8 Å². The van der Waals surface area contributed by atoms with Crippen LogP contribution in [0.15, 0.2) is 66.2 Å². The van der Waals surface area contributed by atoms with Gasteiger partial charge in [0, 0.05) is 12.1 Å². The van der Waals surface area contributed by atoms with E-state index < -0.39 is 33.3 Å². The molecule has 2 atom stereocenters. The number of rotatable bonds is 6. The van der Waals surface area contributed by atoms with Crippen molar-refractivity contribution in [2.75, 3.05) is 6.61 Å². The van der Waals surface area contributed by atoms with Crippen LogP contribution in [-0.2, 0) is 19.0 Å². The Morgan fingerprint density at radius 3 is 2.32 bits per heavy atom. The van der Waals surface area contributed by atoms with E-state index in [1.54, 1.807) is 0 Å². The maximum absolute atomic E-state index is 12.5. The molecule has 0 radical (unpaired) electrons. The lowest BCUT2D eigenvalue weighted by Crippen LogP contribution is -2.26. The average Bonchev–Trinajstić information content (AvgIpc) is 2.74. The van der Waals surface area contributed by atoms with Crippen molar-refractivity contribution in [2.24, 2.45) is 0 Å². The van der Waals surface area contributed by atoms with E-state index in [9.17, 15) is 31.7 Å². The van der Waals surface area contributed by atoms with Gasteiger partial charge in [0.15, 0.2) is 0 Å². The molecule has 0 amide bonds. The van der Waals surface area contributed by atoms with Crippen LogP contribution in [-0.4, -0.2) is 25.5 Å². The number of alkyl halides is 3. The van der Waals surface area contributed by atoms with Crippen molar-refractivity contribution in [1.82, 2.24) is 0 Å². The van der Waals surface area contributed by atoms with Crippen LogP contribution >= 0.6 is 0 Å². The average molecular weight is 457 g/mol. The van der Waals surface area contributed by atoms with Gasteiger partial charge in [-0.2, -0.15) is 21.6 Å². The van der Waals surface area contributed by atoms with Crippen LogP contribution in [0.4, 0.5) is 18.9 Å². The maximum atomic E-state index is 12.5. The highest BCUT2D eigenvalue weighted by Crippen LogP contribution is 2.42. The van der Waals surface area contributed by atoms with Gasteiger partial charge in [0.25, 0.3) is 5.69 Å². The second-order valence-electron chi connectivity index (χ2n) is 6.77. The zero-order chi connectivity index (χ0) is 22.6. The molecule has 1 aliphatic heterocycles. The maximum Gasteiger partial charge on any atom is 0.523 e. The molecule has 1 heterocycles. The summed E-state index contributed by atoms with van der Waals surface area (Å²) in [7, 11) is -5.71. The molecule has 2 aromatic rings. The lowest BCUT2D eigenvalue weighted by atomic mass is 9.90. The monoisotopic (exact) mass is 457 g/mol. The molecule has 1 aliphatic rings. The number of nitrogens with zero attached hydrogens (tertiary/aromatic N) is 1. The van der Waals surface area contributed by atoms with Crippen molar-refractivity contribution in [2.45, 2.75) is 30.6 Å². The van der Waals surface area contributed by atoms with Crippen molar-refractivity contribution in [3.63, 3.8) is 0 Å². The van der Waals surface area contributed by atoms with Crippen molar-refractivity contribution in [3.8, 4) is 0 Å². The van der Waals surface area contributed by atoms with Gasteiger partial charge in [0.2, 0.25) is 0 Å². The molecule has 3 rings (SSSR count). The Bertz CT molecular complexity index is 1050. The quantitative estimate of drug-likeness (QED) is 0.200. The summed E-state index contributed by atoms with van der Waals surface area (Å²) in [6, 6.07) is 14.9. The molecule has 7 nitrogen and oxygen atoms in total. The Hall–Kier alpha value is -2.76. The fraction of sp³-hybridized carbons (Fsp3) is 0.300. The number of hydrogen-bond acceptors (Lipinski definition) is 6. The largest absolute Gasteiger partial charge is 0.523 e.